The van der Waals surface area contributed by atoms with Crippen LogP contribution in [0.15, 0.2) is 82.7 Å². The average Bonchev–Trinajstić information content (AvgIpc) is 3.07. The van der Waals surface area contributed by atoms with E-state index in [1.807, 2.05) is 39.8 Å². The van der Waals surface area contributed by atoms with Crippen molar-refractivity contribution in [2.24, 2.45) is 5.10 Å². The standard InChI is InChI=1S/C35H33N5O8/c1-6-47-31-14-22(4)28(18-27(31)21(2)3)34-37-29-13-8-7-12-26(29)35(41)38(34)36-19-24-16-30(40(44)45)33(32(17-24)46-5)48-20-23-10-9-11-25(15-23)39(42)43/h7-19,21H,6,20H2,1-5H3. The number of aromatic nitrogens is 2. The van der Waals surface area contributed by atoms with E-state index in [0.29, 0.717) is 28.6 Å². The molecule has 0 amide bonds. The van der Waals surface area contributed by atoms with Crippen LogP contribution in [0.25, 0.3) is 22.3 Å². The van der Waals surface area contributed by atoms with E-state index < -0.39 is 21.1 Å². The summed E-state index contributed by atoms with van der Waals surface area (Å²) in [7, 11) is 1.33. The molecule has 0 bridgehead atoms. The molecule has 5 rings (SSSR count). The van der Waals surface area contributed by atoms with Crippen molar-refractivity contribution < 1.29 is 24.1 Å². The smallest absolute Gasteiger partial charge is 0.315 e. The van der Waals surface area contributed by atoms with E-state index >= 15 is 0 Å². The highest BCUT2D eigenvalue weighted by atomic mass is 16.6. The molecule has 0 N–H and O–H groups in total. The van der Waals surface area contributed by atoms with Crippen LogP contribution in [0.5, 0.6) is 17.2 Å². The van der Waals surface area contributed by atoms with Crippen LogP contribution in [0, 0.1) is 27.2 Å². The molecule has 0 atom stereocenters. The summed E-state index contributed by atoms with van der Waals surface area (Å²) < 4.78 is 18.3. The van der Waals surface area contributed by atoms with Crippen LogP contribution in [0.4, 0.5) is 11.4 Å². The van der Waals surface area contributed by atoms with Crippen molar-refractivity contribution in [3.63, 3.8) is 0 Å². The van der Waals surface area contributed by atoms with E-state index in [4.69, 9.17) is 19.2 Å². The molecule has 246 valence electrons. The van der Waals surface area contributed by atoms with Gasteiger partial charge in [0, 0.05) is 29.3 Å². The van der Waals surface area contributed by atoms with Gasteiger partial charge in [0.15, 0.2) is 11.6 Å². The molecular weight excluding hydrogens is 618 g/mol. The lowest BCUT2D eigenvalue weighted by molar-refractivity contribution is -0.386. The van der Waals surface area contributed by atoms with Crippen molar-refractivity contribution in [2.45, 2.75) is 40.2 Å². The van der Waals surface area contributed by atoms with Crippen LogP contribution in [-0.4, -0.2) is 39.4 Å². The lowest BCUT2D eigenvalue weighted by atomic mass is 9.96. The molecule has 0 saturated carbocycles. The van der Waals surface area contributed by atoms with Gasteiger partial charge >= 0.3 is 5.69 Å². The number of nitrogens with zero attached hydrogens (tertiary/aromatic N) is 5. The Kier molecular flexibility index (Phi) is 9.78. The molecule has 0 aliphatic rings. The quantitative estimate of drug-likeness (QED) is 0.0773. The van der Waals surface area contributed by atoms with Crippen LogP contribution < -0.4 is 19.8 Å². The van der Waals surface area contributed by atoms with E-state index in [1.54, 1.807) is 30.3 Å². The molecule has 0 unspecified atom stereocenters. The SMILES string of the molecule is CCOc1cc(C)c(-c2nc3ccccc3c(=O)n2N=Cc2cc(OC)c(OCc3cccc([N+](=O)[O-])c3)c([N+](=O)[O-])c2)cc1C(C)C. The lowest BCUT2D eigenvalue weighted by Crippen LogP contribution is -2.21. The zero-order chi connectivity index (χ0) is 34.5. The summed E-state index contributed by atoms with van der Waals surface area (Å²) in [6.45, 7) is 8.22. The number of hydrogen-bond donors (Lipinski definition) is 0. The van der Waals surface area contributed by atoms with Crippen molar-refractivity contribution in [1.29, 1.82) is 0 Å². The first-order valence-electron chi connectivity index (χ1n) is 15.1. The number of nitro benzene ring substituents is 2. The van der Waals surface area contributed by atoms with Gasteiger partial charge in [-0.15, -0.1) is 0 Å². The Hall–Kier alpha value is -6.11. The normalized spacial score (nSPS) is 11.3. The number of aryl methyl sites for hydroxylation is 1. The minimum atomic E-state index is -0.630. The molecular formula is C35H33N5O8. The van der Waals surface area contributed by atoms with Crippen LogP contribution in [0.2, 0.25) is 0 Å². The van der Waals surface area contributed by atoms with Gasteiger partial charge in [0.2, 0.25) is 5.75 Å². The maximum Gasteiger partial charge on any atom is 0.315 e. The Morgan fingerprint density at radius 2 is 1.73 bits per heavy atom. The van der Waals surface area contributed by atoms with Crippen molar-refractivity contribution in [3.05, 3.63) is 126 Å². The van der Waals surface area contributed by atoms with E-state index in [-0.39, 0.29) is 41.1 Å². The second kappa shape index (κ2) is 14.1. The Bertz CT molecular complexity index is 2120. The summed E-state index contributed by atoms with van der Waals surface area (Å²) in [5.41, 5.74) is 2.63. The fourth-order valence-electron chi connectivity index (χ4n) is 5.23. The summed E-state index contributed by atoms with van der Waals surface area (Å²) in [4.78, 5) is 40.9. The molecule has 1 heterocycles. The van der Waals surface area contributed by atoms with Gasteiger partial charge in [0.1, 0.15) is 12.4 Å². The number of fused-ring (bicyclic) bond motifs is 1. The van der Waals surface area contributed by atoms with E-state index in [9.17, 15) is 25.0 Å². The molecule has 13 nitrogen and oxygen atoms in total. The largest absolute Gasteiger partial charge is 0.494 e. The van der Waals surface area contributed by atoms with Crippen LogP contribution in [0.1, 0.15) is 48.9 Å². The first-order chi connectivity index (χ1) is 23.0. The van der Waals surface area contributed by atoms with E-state index in [1.165, 1.54) is 48.3 Å². The first kappa shape index (κ1) is 33.3. The van der Waals surface area contributed by atoms with E-state index in [2.05, 4.69) is 5.10 Å². The van der Waals surface area contributed by atoms with Crippen LogP contribution >= 0.6 is 0 Å². The number of ether oxygens (including phenoxy) is 3. The molecule has 1 aromatic heterocycles. The number of methoxy groups -OCH3 is 1. The molecule has 5 aromatic rings. The van der Waals surface area contributed by atoms with Gasteiger partial charge in [-0.25, -0.2) is 4.98 Å². The van der Waals surface area contributed by atoms with Crippen molar-refractivity contribution >= 4 is 28.5 Å². The number of nitro groups is 2. The minimum absolute atomic E-state index is 0.0317. The predicted molar refractivity (Wildman–Crippen MR) is 182 cm³/mol. The first-order valence-corrected chi connectivity index (χ1v) is 15.1. The van der Waals surface area contributed by atoms with Gasteiger partial charge in [0.25, 0.3) is 11.2 Å². The van der Waals surface area contributed by atoms with Gasteiger partial charge in [-0.1, -0.05) is 38.1 Å². The molecule has 0 spiro atoms. The molecule has 0 fully saturated rings. The summed E-state index contributed by atoms with van der Waals surface area (Å²) in [5, 5.41) is 28.2. The van der Waals surface area contributed by atoms with Gasteiger partial charge in [-0.05, 0) is 66.8 Å². The molecule has 4 aromatic carbocycles. The highest BCUT2D eigenvalue weighted by molar-refractivity contribution is 5.84. The predicted octanol–water partition coefficient (Wildman–Crippen LogP) is 7.18. The fourth-order valence-corrected chi connectivity index (χ4v) is 5.23. The zero-order valence-electron chi connectivity index (χ0n) is 27.0. The third-order valence-corrected chi connectivity index (χ3v) is 7.57. The van der Waals surface area contributed by atoms with Gasteiger partial charge in [-0.2, -0.15) is 9.78 Å². The second-order valence-electron chi connectivity index (χ2n) is 11.2. The van der Waals surface area contributed by atoms with Crippen molar-refractivity contribution in [1.82, 2.24) is 9.66 Å². The summed E-state index contributed by atoms with van der Waals surface area (Å²) in [6, 6.07) is 19.3. The Morgan fingerprint density at radius 3 is 2.42 bits per heavy atom. The van der Waals surface area contributed by atoms with Gasteiger partial charge in [-0.3, -0.25) is 25.0 Å². The molecule has 13 heteroatoms. The maximum atomic E-state index is 13.9. The molecule has 48 heavy (non-hydrogen) atoms. The minimum Gasteiger partial charge on any atom is -0.494 e. The molecule has 0 aliphatic heterocycles. The lowest BCUT2D eigenvalue weighted by Gasteiger charge is -2.18. The van der Waals surface area contributed by atoms with Crippen molar-refractivity contribution in [2.75, 3.05) is 13.7 Å². The zero-order valence-corrected chi connectivity index (χ0v) is 27.0. The maximum absolute atomic E-state index is 13.9. The molecule has 0 saturated heterocycles. The third kappa shape index (κ3) is 6.84. The topological polar surface area (TPSA) is 161 Å². The fraction of sp³-hybridized carbons (Fsp3) is 0.229. The highest BCUT2D eigenvalue weighted by Gasteiger charge is 2.23. The number of non-ortho nitro benzene ring substituents is 1. The monoisotopic (exact) mass is 651 g/mol. The van der Waals surface area contributed by atoms with Crippen molar-refractivity contribution in [3.8, 4) is 28.6 Å². The number of benzene rings is 4. The summed E-state index contributed by atoms with van der Waals surface area (Å²) >= 11 is 0. The molecule has 0 radical (unpaired) electrons. The summed E-state index contributed by atoms with van der Waals surface area (Å²) in [6.07, 6.45) is 1.31. The number of hydrogen-bond acceptors (Lipinski definition) is 10. The van der Waals surface area contributed by atoms with Crippen LogP contribution in [-0.2, 0) is 6.61 Å². The third-order valence-electron chi connectivity index (χ3n) is 7.57. The van der Waals surface area contributed by atoms with Crippen LogP contribution in [0.3, 0.4) is 0 Å². The average molecular weight is 652 g/mol. The second-order valence-corrected chi connectivity index (χ2v) is 11.2. The Morgan fingerprint density at radius 1 is 0.958 bits per heavy atom. The molecule has 0 aliphatic carbocycles. The highest BCUT2D eigenvalue weighted by Crippen LogP contribution is 2.39. The Labute approximate surface area is 275 Å². The van der Waals surface area contributed by atoms with Gasteiger partial charge < -0.3 is 14.2 Å². The number of rotatable bonds is 12. The van der Waals surface area contributed by atoms with E-state index in [0.717, 1.165) is 16.9 Å². The Balaban J connectivity index is 1.61. The number of para-hydroxylation sites is 1. The van der Waals surface area contributed by atoms with Gasteiger partial charge in [0.05, 0.1) is 40.7 Å². The summed E-state index contributed by atoms with van der Waals surface area (Å²) in [5.74, 6) is 1.02.